The molecule has 6 heteroatoms. The van der Waals surface area contributed by atoms with Gasteiger partial charge in [0.2, 0.25) is 0 Å². The highest BCUT2D eigenvalue weighted by Gasteiger charge is 2.08. The topological polar surface area (TPSA) is 63.1 Å². The summed E-state index contributed by atoms with van der Waals surface area (Å²) in [6.07, 6.45) is 2.39. The molecule has 0 aliphatic rings. The van der Waals surface area contributed by atoms with E-state index in [9.17, 15) is 4.79 Å². The Morgan fingerprint density at radius 2 is 1.87 bits per heavy atom. The quantitative estimate of drug-likeness (QED) is 0.810. The lowest BCUT2D eigenvalue weighted by molar-refractivity contribution is 0.0954. The van der Waals surface area contributed by atoms with Gasteiger partial charge in [-0.2, -0.15) is 0 Å². The van der Waals surface area contributed by atoms with E-state index in [1.54, 1.807) is 6.33 Å². The van der Waals surface area contributed by atoms with Crippen LogP contribution in [0.25, 0.3) is 0 Å². The van der Waals surface area contributed by atoms with Gasteiger partial charge in [0.25, 0.3) is 5.91 Å². The lowest BCUT2D eigenvalue weighted by Crippen LogP contribution is -2.26. The molecule has 124 valence electrons. The van der Waals surface area contributed by atoms with Crippen LogP contribution in [0.1, 0.15) is 37.0 Å². The first-order valence-corrected chi connectivity index (χ1v) is 8.19. The lowest BCUT2D eigenvalue weighted by Gasteiger charge is -2.21. The third-order valence-electron chi connectivity index (χ3n) is 3.93. The Balaban J connectivity index is 1.88. The van der Waals surface area contributed by atoms with Crippen molar-refractivity contribution in [2.45, 2.75) is 33.7 Å². The second kappa shape index (κ2) is 8.31. The number of anilines is 1. The van der Waals surface area contributed by atoms with Crippen LogP contribution < -0.4 is 10.2 Å². The van der Waals surface area contributed by atoms with Crippen molar-refractivity contribution in [2.24, 2.45) is 0 Å². The lowest BCUT2D eigenvalue weighted by atomic mass is 10.2. The van der Waals surface area contributed by atoms with Crippen LogP contribution in [0.2, 0.25) is 0 Å². The molecule has 0 saturated heterocycles. The van der Waals surface area contributed by atoms with E-state index in [4.69, 9.17) is 0 Å². The van der Waals surface area contributed by atoms with Gasteiger partial charge >= 0.3 is 0 Å². The molecule has 0 aliphatic heterocycles. The maximum atomic E-state index is 12.2. The molecular formula is C17H25N5O. The van der Waals surface area contributed by atoms with Crippen molar-refractivity contribution in [2.75, 3.05) is 24.5 Å². The van der Waals surface area contributed by atoms with Crippen LogP contribution in [-0.2, 0) is 13.0 Å². The fourth-order valence-corrected chi connectivity index (χ4v) is 2.54. The maximum absolute atomic E-state index is 12.2. The Morgan fingerprint density at radius 1 is 1.17 bits per heavy atom. The molecule has 23 heavy (non-hydrogen) atoms. The predicted octanol–water partition coefficient (Wildman–Crippen LogP) is 2.12. The van der Waals surface area contributed by atoms with E-state index >= 15 is 0 Å². The summed E-state index contributed by atoms with van der Waals surface area (Å²) >= 11 is 0. The van der Waals surface area contributed by atoms with E-state index in [0.717, 1.165) is 31.1 Å². The zero-order chi connectivity index (χ0) is 16.7. The summed E-state index contributed by atoms with van der Waals surface area (Å²) in [5.41, 5.74) is 1.82. The summed E-state index contributed by atoms with van der Waals surface area (Å²) in [6.45, 7) is 9.60. The molecule has 1 amide bonds. The molecule has 0 atom stereocenters. The van der Waals surface area contributed by atoms with Crippen molar-refractivity contribution < 1.29 is 4.79 Å². The summed E-state index contributed by atoms with van der Waals surface area (Å²) in [4.78, 5) is 14.4. The highest BCUT2D eigenvalue weighted by atomic mass is 16.1. The summed E-state index contributed by atoms with van der Waals surface area (Å²) in [7, 11) is 0. The average molecular weight is 315 g/mol. The average Bonchev–Trinajstić information content (AvgIpc) is 3.04. The number of nitrogens with zero attached hydrogens (tertiary/aromatic N) is 4. The minimum Gasteiger partial charge on any atom is -0.372 e. The van der Waals surface area contributed by atoms with E-state index in [0.29, 0.717) is 18.5 Å². The monoisotopic (exact) mass is 315 g/mol. The third-order valence-corrected chi connectivity index (χ3v) is 3.93. The first-order chi connectivity index (χ1) is 11.2. The number of carbonyl (C=O) groups excluding carboxylic acids is 1. The van der Waals surface area contributed by atoms with E-state index in [2.05, 4.69) is 34.3 Å². The summed E-state index contributed by atoms with van der Waals surface area (Å²) in [5, 5.41) is 10.9. The van der Waals surface area contributed by atoms with E-state index in [-0.39, 0.29) is 5.91 Å². The predicted molar refractivity (Wildman–Crippen MR) is 91.7 cm³/mol. The van der Waals surface area contributed by atoms with Crippen molar-refractivity contribution in [3.8, 4) is 0 Å². The molecule has 0 spiro atoms. The van der Waals surface area contributed by atoms with E-state index in [1.165, 1.54) is 0 Å². The Hall–Kier alpha value is -2.37. The molecule has 0 radical (unpaired) electrons. The van der Waals surface area contributed by atoms with E-state index in [1.807, 2.05) is 35.8 Å². The van der Waals surface area contributed by atoms with Crippen molar-refractivity contribution in [3.63, 3.8) is 0 Å². The SMILES string of the molecule is CCN(CC)c1ccc(C(=O)NCCc2nncn2CC)cc1. The van der Waals surface area contributed by atoms with E-state index < -0.39 is 0 Å². The molecule has 0 saturated carbocycles. The molecule has 0 bridgehead atoms. The minimum absolute atomic E-state index is 0.0568. The molecule has 1 aromatic carbocycles. The second-order valence-electron chi connectivity index (χ2n) is 5.26. The molecule has 1 heterocycles. The van der Waals surface area contributed by atoms with Gasteiger partial charge in [-0.3, -0.25) is 4.79 Å². The number of carbonyl (C=O) groups is 1. The van der Waals surface area contributed by atoms with Crippen molar-refractivity contribution in [1.29, 1.82) is 0 Å². The zero-order valence-electron chi connectivity index (χ0n) is 14.1. The van der Waals surface area contributed by atoms with Gasteiger partial charge in [0.1, 0.15) is 12.2 Å². The Morgan fingerprint density at radius 3 is 2.48 bits per heavy atom. The largest absolute Gasteiger partial charge is 0.372 e. The number of hydrogen-bond donors (Lipinski definition) is 1. The van der Waals surface area contributed by atoms with Gasteiger partial charge in [0.05, 0.1) is 0 Å². The molecule has 2 rings (SSSR count). The third kappa shape index (κ3) is 4.31. The van der Waals surface area contributed by atoms with Crippen LogP contribution in [0, 0.1) is 0 Å². The van der Waals surface area contributed by atoms with Gasteiger partial charge < -0.3 is 14.8 Å². The van der Waals surface area contributed by atoms with Gasteiger partial charge in [-0.1, -0.05) is 0 Å². The normalized spacial score (nSPS) is 10.6. The number of aromatic nitrogens is 3. The van der Waals surface area contributed by atoms with Crippen LogP contribution in [-0.4, -0.2) is 40.3 Å². The second-order valence-corrected chi connectivity index (χ2v) is 5.26. The van der Waals surface area contributed by atoms with Gasteiger partial charge in [0.15, 0.2) is 0 Å². The Bertz CT molecular complexity index is 616. The number of aryl methyl sites for hydroxylation is 1. The number of hydrogen-bond acceptors (Lipinski definition) is 4. The number of amides is 1. The molecule has 0 aliphatic carbocycles. The van der Waals surface area contributed by atoms with Gasteiger partial charge in [0, 0.05) is 43.9 Å². The molecular weight excluding hydrogens is 290 g/mol. The minimum atomic E-state index is -0.0568. The highest BCUT2D eigenvalue weighted by molar-refractivity contribution is 5.94. The van der Waals surface area contributed by atoms with Gasteiger partial charge in [-0.25, -0.2) is 0 Å². The Labute approximate surface area is 137 Å². The fourth-order valence-electron chi connectivity index (χ4n) is 2.54. The molecule has 0 fully saturated rings. The number of benzene rings is 1. The van der Waals surface area contributed by atoms with Crippen molar-refractivity contribution in [3.05, 3.63) is 42.0 Å². The van der Waals surface area contributed by atoms with Crippen LogP contribution in [0.3, 0.4) is 0 Å². The molecule has 2 aromatic rings. The highest BCUT2D eigenvalue weighted by Crippen LogP contribution is 2.14. The van der Waals surface area contributed by atoms with Crippen LogP contribution in [0.15, 0.2) is 30.6 Å². The standard InChI is InChI=1S/C17H25N5O/c1-4-21(5-2)15-9-7-14(8-10-15)17(23)18-12-11-16-20-19-13-22(16)6-3/h7-10,13H,4-6,11-12H2,1-3H3,(H,18,23). The van der Waals surface area contributed by atoms with Gasteiger partial charge in [-0.05, 0) is 45.0 Å². The van der Waals surface area contributed by atoms with Crippen molar-refractivity contribution >= 4 is 11.6 Å². The first-order valence-electron chi connectivity index (χ1n) is 8.19. The summed E-state index contributed by atoms with van der Waals surface area (Å²) < 4.78 is 1.98. The van der Waals surface area contributed by atoms with Crippen LogP contribution in [0.4, 0.5) is 5.69 Å². The number of rotatable bonds is 8. The maximum Gasteiger partial charge on any atom is 0.251 e. The molecule has 0 unspecified atom stereocenters. The Kier molecular flexibility index (Phi) is 6.14. The molecule has 6 nitrogen and oxygen atoms in total. The molecule has 1 N–H and O–H groups in total. The van der Waals surface area contributed by atoms with Gasteiger partial charge in [-0.15, -0.1) is 10.2 Å². The van der Waals surface area contributed by atoms with Crippen molar-refractivity contribution in [1.82, 2.24) is 20.1 Å². The zero-order valence-corrected chi connectivity index (χ0v) is 14.1. The number of nitrogens with one attached hydrogen (secondary N) is 1. The van der Waals surface area contributed by atoms with Crippen LogP contribution in [0.5, 0.6) is 0 Å². The summed E-state index contributed by atoms with van der Waals surface area (Å²) in [6, 6.07) is 7.74. The summed E-state index contributed by atoms with van der Waals surface area (Å²) in [5.74, 6) is 0.836. The smallest absolute Gasteiger partial charge is 0.251 e. The molecule has 1 aromatic heterocycles. The van der Waals surface area contributed by atoms with Crippen LogP contribution >= 0.6 is 0 Å². The first kappa shape index (κ1) is 17.0. The fraction of sp³-hybridized carbons (Fsp3) is 0.471.